The molecule has 0 aromatic heterocycles. The summed E-state index contributed by atoms with van der Waals surface area (Å²) >= 11 is 0. The third-order valence-corrected chi connectivity index (χ3v) is 1.26. The van der Waals surface area contributed by atoms with Crippen molar-refractivity contribution in [1.82, 2.24) is 0 Å². The minimum absolute atomic E-state index is 0.657. The normalized spacial score (nSPS) is 8.83. The van der Waals surface area contributed by atoms with Gasteiger partial charge in [-0.25, -0.2) is 0 Å². The van der Waals surface area contributed by atoms with Crippen molar-refractivity contribution in [2.75, 3.05) is 0 Å². The van der Waals surface area contributed by atoms with E-state index in [2.05, 4.69) is 51.4 Å². The van der Waals surface area contributed by atoms with Crippen molar-refractivity contribution in [2.24, 2.45) is 11.8 Å². The van der Waals surface area contributed by atoms with Gasteiger partial charge in [0.25, 0.3) is 0 Å². The maximum atomic E-state index is 3.03. The van der Waals surface area contributed by atoms with Crippen LogP contribution in [0.15, 0.2) is 0 Å². The van der Waals surface area contributed by atoms with Crippen LogP contribution in [0.1, 0.15) is 40.5 Å². The summed E-state index contributed by atoms with van der Waals surface area (Å²) < 4.78 is 0. The van der Waals surface area contributed by atoms with Crippen molar-refractivity contribution in [3.63, 3.8) is 0 Å². The van der Waals surface area contributed by atoms with E-state index in [0.717, 1.165) is 12.8 Å². The molecule has 0 fully saturated rings. The molecule has 0 heteroatoms. The van der Waals surface area contributed by atoms with E-state index in [1.807, 2.05) is 0 Å². The van der Waals surface area contributed by atoms with Crippen LogP contribution in [-0.2, 0) is 0 Å². The Bertz CT molecular complexity index is 186. The molecular formula is C12H18. The summed E-state index contributed by atoms with van der Waals surface area (Å²) in [4.78, 5) is 0. The Balaban J connectivity index is 3.59. The van der Waals surface area contributed by atoms with Crippen LogP contribution in [-0.4, -0.2) is 0 Å². The molecule has 0 nitrogen and oxygen atoms in total. The van der Waals surface area contributed by atoms with E-state index in [4.69, 9.17) is 0 Å². The Morgan fingerprint density at radius 3 is 1.33 bits per heavy atom. The van der Waals surface area contributed by atoms with Crippen LogP contribution in [0.3, 0.4) is 0 Å². The van der Waals surface area contributed by atoms with Gasteiger partial charge in [0.15, 0.2) is 0 Å². The topological polar surface area (TPSA) is 0 Å². The molecule has 0 unspecified atom stereocenters. The van der Waals surface area contributed by atoms with Crippen molar-refractivity contribution >= 4 is 0 Å². The van der Waals surface area contributed by atoms with Crippen molar-refractivity contribution in [3.05, 3.63) is 0 Å². The lowest BCUT2D eigenvalue weighted by Crippen LogP contribution is -1.82. The summed E-state index contributed by atoms with van der Waals surface area (Å²) in [6, 6.07) is 0. The van der Waals surface area contributed by atoms with Crippen LogP contribution in [0.2, 0.25) is 0 Å². The maximum absolute atomic E-state index is 3.03. The Morgan fingerprint density at radius 1 is 0.750 bits per heavy atom. The zero-order valence-corrected chi connectivity index (χ0v) is 8.57. The molecule has 66 valence electrons. The van der Waals surface area contributed by atoms with E-state index in [1.165, 1.54) is 0 Å². The van der Waals surface area contributed by atoms with Gasteiger partial charge in [-0.15, -0.1) is 0 Å². The molecule has 0 radical (unpaired) electrons. The average molecular weight is 162 g/mol. The highest BCUT2D eigenvalue weighted by Crippen LogP contribution is 1.96. The standard InChI is InChI=1S/C12H18/c1-11(2)9-7-5-6-8-10-12(3)4/h11-12H,9-10H2,1-4H3. The lowest BCUT2D eigenvalue weighted by molar-refractivity contribution is 0.675. The lowest BCUT2D eigenvalue weighted by atomic mass is 10.1. The van der Waals surface area contributed by atoms with Crippen molar-refractivity contribution in [3.8, 4) is 23.7 Å². The van der Waals surface area contributed by atoms with Gasteiger partial charge in [0.2, 0.25) is 0 Å². The highest BCUT2D eigenvalue weighted by molar-refractivity contribution is 5.25. The van der Waals surface area contributed by atoms with Gasteiger partial charge >= 0.3 is 0 Å². The van der Waals surface area contributed by atoms with E-state index in [9.17, 15) is 0 Å². The third-order valence-electron chi connectivity index (χ3n) is 1.26. The van der Waals surface area contributed by atoms with E-state index in [-0.39, 0.29) is 0 Å². The summed E-state index contributed by atoms with van der Waals surface area (Å²) in [6.07, 6.45) is 1.91. The van der Waals surface area contributed by atoms with E-state index in [1.54, 1.807) is 0 Å². The van der Waals surface area contributed by atoms with Gasteiger partial charge < -0.3 is 0 Å². The zero-order valence-electron chi connectivity index (χ0n) is 8.57. The quantitative estimate of drug-likeness (QED) is 0.547. The predicted octanol–water partition coefficient (Wildman–Crippen LogP) is 3.09. The molecule has 0 aliphatic rings. The summed E-state index contributed by atoms with van der Waals surface area (Å²) in [5, 5.41) is 0. The fourth-order valence-electron chi connectivity index (χ4n) is 0.599. The Morgan fingerprint density at radius 2 is 1.08 bits per heavy atom. The first kappa shape index (κ1) is 11.1. The molecule has 0 saturated carbocycles. The molecule has 0 aromatic rings. The number of hydrogen-bond donors (Lipinski definition) is 0. The molecule has 0 N–H and O–H groups in total. The number of hydrogen-bond acceptors (Lipinski definition) is 0. The summed E-state index contributed by atoms with van der Waals surface area (Å²) in [7, 11) is 0. The van der Waals surface area contributed by atoms with Crippen LogP contribution in [0.4, 0.5) is 0 Å². The minimum Gasteiger partial charge on any atom is -0.0888 e. The SMILES string of the molecule is CC(C)CC#CC#CCC(C)C. The molecular weight excluding hydrogens is 144 g/mol. The fourth-order valence-corrected chi connectivity index (χ4v) is 0.599. The average Bonchev–Trinajstić information content (AvgIpc) is 1.95. The largest absolute Gasteiger partial charge is 0.0888 e. The van der Waals surface area contributed by atoms with Crippen molar-refractivity contribution in [1.29, 1.82) is 0 Å². The van der Waals surface area contributed by atoms with E-state index < -0.39 is 0 Å². The highest BCUT2D eigenvalue weighted by Gasteiger charge is 1.86. The van der Waals surface area contributed by atoms with Gasteiger partial charge in [0.05, 0.1) is 0 Å². The van der Waals surface area contributed by atoms with Crippen LogP contribution in [0.25, 0.3) is 0 Å². The molecule has 0 amide bonds. The zero-order chi connectivity index (χ0) is 9.40. The van der Waals surface area contributed by atoms with Gasteiger partial charge in [0, 0.05) is 12.8 Å². The Kier molecular flexibility index (Phi) is 6.31. The van der Waals surface area contributed by atoms with E-state index in [0.29, 0.717) is 11.8 Å². The molecule has 12 heavy (non-hydrogen) atoms. The van der Waals surface area contributed by atoms with Crippen LogP contribution in [0, 0.1) is 35.5 Å². The molecule has 0 atom stereocenters. The molecule has 0 aromatic carbocycles. The first-order chi connectivity index (χ1) is 5.63. The number of rotatable bonds is 2. The van der Waals surface area contributed by atoms with Crippen molar-refractivity contribution in [2.45, 2.75) is 40.5 Å². The predicted molar refractivity (Wildman–Crippen MR) is 54.5 cm³/mol. The van der Waals surface area contributed by atoms with Gasteiger partial charge in [-0.1, -0.05) is 39.5 Å². The molecule has 0 bridgehead atoms. The fraction of sp³-hybridized carbons (Fsp3) is 0.667. The monoisotopic (exact) mass is 162 g/mol. The minimum atomic E-state index is 0.657. The second kappa shape index (κ2) is 6.81. The first-order valence-corrected chi connectivity index (χ1v) is 4.58. The molecule has 0 heterocycles. The Labute approximate surface area is 76.8 Å². The van der Waals surface area contributed by atoms with Gasteiger partial charge in [-0.05, 0) is 23.7 Å². The summed E-state index contributed by atoms with van der Waals surface area (Å²) in [5.41, 5.74) is 0. The van der Waals surface area contributed by atoms with Crippen LogP contribution < -0.4 is 0 Å². The van der Waals surface area contributed by atoms with Gasteiger partial charge in [-0.3, -0.25) is 0 Å². The Hall–Kier alpha value is -0.880. The van der Waals surface area contributed by atoms with Gasteiger partial charge in [-0.2, -0.15) is 0 Å². The molecule has 0 rings (SSSR count). The molecule has 0 spiro atoms. The first-order valence-electron chi connectivity index (χ1n) is 4.58. The van der Waals surface area contributed by atoms with Crippen molar-refractivity contribution < 1.29 is 0 Å². The molecule has 0 aliphatic carbocycles. The van der Waals surface area contributed by atoms with Crippen LogP contribution in [0.5, 0.6) is 0 Å². The van der Waals surface area contributed by atoms with E-state index >= 15 is 0 Å². The summed E-state index contributed by atoms with van der Waals surface area (Å²) in [5.74, 6) is 13.1. The molecule has 0 saturated heterocycles. The second-order valence-electron chi connectivity index (χ2n) is 3.80. The highest BCUT2D eigenvalue weighted by atomic mass is 13.9. The maximum Gasteiger partial charge on any atom is 0.0122 e. The van der Waals surface area contributed by atoms with Crippen LogP contribution >= 0.6 is 0 Å². The second-order valence-corrected chi connectivity index (χ2v) is 3.80. The third kappa shape index (κ3) is 9.12. The summed E-state index contributed by atoms with van der Waals surface area (Å²) in [6.45, 7) is 8.65. The smallest absolute Gasteiger partial charge is 0.0122 e. The lowest BCUT2D eigenvalue weighted by Gasteiger charge is -1.92. The molecule has 0 aliphatic heterocycles. The van der Waals surface area contributed by atoms with Gasteiger partial charge in [0.1, 0.15) is 0 Å².